The lowest BCUT2D eigenvalue weighted by atomic mass is 10.2. The minimum atomic E-state index is -0.365. The first-order valence-corrected chi connectivity index (χ1v) is 8.48. The summed E-state index contributed by atoms with van der Waals surface area (Å²) in [5, 5.41) is 19.9. The van der Waals surface area contributed by atoms with E-state index in [1.165, 1.54) is 18.2 Å². The van der Waals surface area contributed by atoms with Crippen LogP contribution >= 0.6 is 11.6 Å². The van der Waals surface area contributed by atoms with Crippen LogP contribution in [0.4, 0.5) is 17.2 Å². The molecule has 1 aromatic heterocycles. The standard InChI is InChI=1S/C19H18ClN5O2/c1-21-15-5-3-4-6-16(15)22-11-13-10-18(24-25(13)2)23-19(27)12-7-8-17(26)14(20)9-12/h3-10,22,26H,1,11H2,2H3,(H,23,24,27). The number of hydrogen-bond donors (Lipinski definition) is 3. The number of aliphatic imine (C=N–C) groups is 1. The monoisotopic (exact) mass is 383 g/mol. The minimum absolute atomic E-state index is 0.0753. The maximum Gasteiger partial charge on any atom is 0.256 e. The Morgan fingerprint density at radius 2 is 2.07 bits per heavy atom. The van der Waals surface area contributed by atoms with Gasteiger partial charge in [-0.05, 0) is 37.0 Å². The van der Waals surface area contributed by atoms with Gasteiger partial charge in [0.05, 0.1) is 28.6 Å². The average Bonchev–Trinajstić information content (AvgIpc) is 3.01. The van der Waals surface area contributed by atoms with E-state index in [1.54, 1.807) is 17.8 Å². The molecule has 8 heteroatoms. The van der Waals surface area contributed by atoms with E-state index >= 15 is 0 Å². The zero-order chi connectivity index (χ0) is 19.4. The summed E-state index contributed by atoms with van der Waals surface area (Å²) in [5.41, 5.74) is 2.82. The summed E-state index contributed by atoms with van der Waals surface area (Å²) in [6.07, 6.45) is 0. The zero-order valence-electron chi connectivity index (χ0n) is 14.6. The number of carbonyl (C=O) groups excluding carboxylic acids is 1. The third-order valence-corrected chi connectivity index (χ3v) is 4.27. The highest BCUT2D eigenvalue weighted by Crippen LogP contribution is 2.25. The Morgan fingerprint density at radius 3 is 2.81 bits per heavy atom. The van der Waals surface area contributed by atoms with Gasteiger partial charge in [0.15, 0.2) is 5.82 Å². The molecule has 0 spiro atoms. The molecule has 3 aromatic rings. The predicted molar refractivity (Wildman–Crippen MR) is 107 cm³/mol. The Balaban J connectivity index is 1.69. The highest BCUT2D eigenvalue weighted by molar-refractivity contribution is 6.32. The van der Waals surface area contributed by atoms with Crippen molar-refractivity contribution in [1.82, 2.24) is 9.78 Å². The van der Waals surface area contributed by atoms with Crippen LogP contribution in [0.2, 0.25) is 5.02 Å². The number of aromatic hydroxyl groups is 1. The number of aromatic nitrogens is 2. The van der Waals surface area contributed by atoms with Crippen LogP contribution in [-0.4, -0.2) is 27.5 Å². The summed E-state index contributed by atoms with van der Waals surface area (Å²) in [7, 11) is 1.79. The fourth-order valence-corrected chi connectivity index (χ4v) is 2.70. The second kappa shape index (κ2) is 7.92. The lowest BCUT2D eigenvalue weighted by Crippen LogP contribution is -2.12. The van der Waals surface area contributed by atoms with Crippen molar-refractivity contribution in [2.24, 2.45) is 12.0 Å². The molecule has 0 unspecified atom stereocenters. The van der Waals surface area contributed by atoms with Crippen molar-refractivity contribution in [3.05, 3.63) is 64.8 Å². The molecule has 0 atom stereocenters. The second-order valence-corrected chi connectivity index (χ2v) is 6.20. The fraction of sp³-hybridized carbons (Fsp3) is 0.105. The van der Waals surface area contributed by atoms with Gasteiger partial charge in [-0.25, -0.2) is 0 Å². The van der Waals surface area contributed by atoms with E-state index in [9.17, 15) is 9.90 Å². The lowest BCUT2D eigenvalue weighted by molar-refractivity contribution is 0.102. The van der Waals surface area contributed by atoms with Gasteiger partial charge >= 0.3 is 0 Å². The van der Waals surface area contributed by atoms with Gasteiger partial charge in [0.2, 0.25) is 0 Å². The molecule has 0 aliphatic rings. The third-order valence-electron chi connectivity index (χ3n) is 3.96. The minimum Gasteiger partial charge on any atom is -0.506 e. The normalized spacial score (nSPS) is 10.4. The van der Waals surface area contributed by atoms with Crippen LogP contribution in [0, 0.1) is 0 Å². The summed E-state index contributed by atoms with van der Waals surface area (Å²) in [5.74, 6) is -0.0250. The molecule has 3 rings (SSSR count). The highest BCUT2D eigenvalue weighted by Gasteiger charge is 2.12. The van der Waals surface area contributed by atoms with Gasteiger partial charge in [0.1, 0.15) is 5.75 Å². The molecule has 27 heavy (non-hydrogen) atoms. The summed E-state index contributed by atoms with van der Waals surface area (Å²) in [6, 6.07) is 13.6. The quantitative estimate of drug-likeness (QED) is 0.561. The molecule has 0 aliphatic carbocycles. The summed E-state index contributed by atoms with van der Waals surface area (Å²) < 4.78 is 1.68. The summed E-state index contributed by atoms with van der Waals surface area (Å²) in [4.78, 5) is 16.3. The SMILES string of the molecule is C=Nc1ccccc1NCc1cc(NC(=O)c2ccc(O)c(Cl)c2)nn1C. The molecule has 0 aliphatic heterocycles. The van der Waals surface area contributed by atoms with Crippen molar-refractivity contribution in [3.63, 3.8) is 0 Å². The fourth-order valence-electron chi connectivity index (χ4n) is 2.52. The van der Waals surface area contributed by atoms with Crippen LogP contribution < -0.4 is 10.6 Å². The number of aryl methyl sites for hydroxylation is 1. The molecule has 0 radical (unpaired) electrons. The number of amides is 1. The number of halogens is 1. The lowest BCUT2D eigenvalue weighted by Gasteiger charge is -2.08. The van der Waals surface area contributed by atoms with Gasteiger partial charge in [-0.2, -0.15) is 5.10 Å². The molecule has 3 N–H and O–H groups in total. The van der Waals surface area contributed by atoms with E-state index in [0.29, 0.717) is 17.9 Å². The average molecular weight is 384 g/mol. The number of phenolic OH excluding ortho intramolecular Hbond substituents is 1. The van der Waals surface area contributed by atoms with Gasteiger partial charge in [-0.1, -0.05) is 23.7 Å². The Bertz CT molecular complexity index is 1000. The summed E-state index contributed by atoms with van der Waals surface area (Å²) >= 11 is 5.84. The van der Waals surface area contributed by atoms with E-state index in [2.05, 4.69) is 27.4 Å². The zero-order valence-corrected chi connectivity index (χ0v) is 15.4. The molecule has 1 heterocycles. The predicted octanol–water partition coefficient (Wildman–Crippen LogP) is 3.98. The number of nitrogens with one attached hydrogen (secondary N) is 2. The van der Waals surface area contributed by atoms with Crippen LogP contribution in [0.25, 0.3) is 0 Å². The molecular weight excluding hydrogens is 366 g/mol. The number of anilines is 2. The number of para-hydroxylation sites is 2. The number of phenols is 1. The first kappa shape index (κ1) is 18.5. The van der Waals surface area contributed by atoms with Crippen molar-refractivity contribution in [2.45, 2.75) is 6.54 Å². The maximum absolute atomic E-state index is 12.3. The second-order valence-electron chi connectivity index (χ2n) is 5.79. The van der Waals surface area contributed by atoms with Crippen molar-refractivity contribution >= 4 is 41.4 Å². The Labute approximate surface area is 161 Å². The van der Waals surface area contributed by atoms with E-state index < -0.39 is 0 Å². The van der Waals surface area contributed by atoms with Gasteiger partial charge in [0.25, 0.3) is 5.91 Å². The smallest absolute Gasteiger partial charge is 0.256 e. The Morgan fingerprint density at radius 1 is 1.30 bits per heavy atom. The molecule has 0 bridgehead atoms. The van der Waals surface area contributed by atoms with Crippen molar-refractivity contribution in [2.75, 3.05) is 10.6 Å². The molecule has 0 saturated carbocycles. The highest BCUT2D eigenvalue weighted by atomic mass is 35.5. The van der Waals surface area contributed by atoms with Crippen LogP contribution in [0.5, 0.6) is 5.75 Å². The third kappa shape index (κ3) is 4.27. The first-order chi connectivity index (χ1) is 13.0. The molecular formula is C19H18ClN5O2. The van der Waals surface area contributed by atoms with E-state index in [-0.39, 0.29) is 16.7 Å². The number of rotatable bonds is 6. The molecule has 2 aromatic carbocycles. The molecule has 7 nitrogen and oxygen atoms in total. The van der Waals surface area contributed by atoms with Gasteiger partial charge < -0.3 is 15.7 Å². The maximum atomic E-state index is 12.3. The van der Waals surface area contributed by atoms with Gasteiger partial charge in [-0.15, -0.1) is 0 Å². The van der Waals surface area contributed by atoms with Crippen LogP contribution in [-0.2, 0) is 13.6 Å². The van der Waals surface area contributed by atoms with Gasteiger partial charge in [-0.3, -0.25) is 14.5 Å². The van der Waals surface area contributed by atoms with Crippen LogP contribution in [0.3, 0.4) is 0 Å². The Kier molecular flexibility index (Phi) is 5.42. The van der Waals surface area contributed by atoms with Crippen LogP contribution in [0.1, 0.15) is 16.1 Å². The largest absolute Gasteiger partial charge is 0.506 e. The summed E-state index contributed by atoms with van der Waals surface area (Å²) in [6.45, 7) is 4.06. The Hall–Kier alpha value is -3.32. The van der Waals surface area contributed by atoms with Gasteiger partial charge in [0, 0.05) is 18.7 Å². The van der Waals surface area contributed by atoms with Crippen molar-refractivity contribution < 1.29 is 9.90 Å². The number of nitrogens with zero attached hydrogens (tertiary/aromatic N) is 3. The molecule has 1 amide bonds. The first-order valence-electron chi connectivity index (χ1n) is 8.10. The van der Waals surface area contributed by atoms with E-state index in [0.717, 1.165) is 17.1 Å². The molecule has 0 fully saturated rings. The van der Waals surface area contributed by atoms with Crippen molar-refractivity contribution in [3.8, 4) is 5.75 Å². The van der Waals surface area contributed by atoms with E-state index in [1.807, 2.05) is 24.3 Å². The number of carbonyl (C=O) groups is 1. The van der Waals surface area contributed by atoms with E-state index in [4.69, 9.17) is 11.6 Å². The topological polar surface area (TPSA) is 91.5 Å². The number of benzene rings is 2. The molecule has 138 valence electrons. The number of hydrogen-bond acceptors (Lipinski definition) is 5. The molecule has 0 saturated heterocycles. The van der Waals surface area contributed by atoms with Crippen LogP contribution in [0.15, 0.2) is 53.5 Å². The van der Waals surface area contributed by atoms with Crippen molar-refractivity contribution in [1.29, 1.82) is 0 Å².